The monoisotopic (exact) mass is 475 g/mol. The highest BCUT2D eigenvalue weighted by molar-refractivity contribution is 6.21. The van der Waals surface area contributed by atoms with Gasteiger partial charge >= 0.3 is 0 Å². The Labute approximate surface area is 194 Å². The topological polar surface area (TPSA) is 70.2 Å². The van der Waals surface area contributed by atoms with Gasteiger partial charge in [-0.1, -0.05) is 0 Å². The van der Waals surface area contributed by atoms with Gasteiger partial charge in [0, 0.05) is 45.3 Å². The van der Waals surface area contributed by atoms with Crippen LogP contribution in [0.3, 0.4) is 0 Å². The van der Waals surface area contributed by atoms with Gasteiger partial charge in [0.2, 0.25) is 0 Å². The number of aryl methyl sites for hydroxylation is 1. The Balaban J connectivity index is 0.000000907. The van der Waals surface area contributed by atoms with Crippen molar-refractivity contribution in [1.82, 2.24) is 24.9 Å². The summed E-state index contributed by atoms with van der Waals surface area (Å²) in [7, 11) is 0. The van der Waals surface area contributed by atoms with E-state index >= 15 is 0 Å². The number of halogens is 4. The largest absolute Gasteiger partial charge is 0.358 e. The lowest BCUT2D eigenvalue weighted by Crippen LogP contribution is -1.86. The van der Waals surface area contributed by atoms with E-state index in [0.29, 0.717) is 5.82 Å². The van der Waals surface area contributed by atoms with Crippen molar-refractivity contribution in [2.75, 3.05) is 0 Å². The molecule has 4 aromatic heterocycles. The van der Waals surface area contributed by atoms with Gasteiger partial charge in [-0.05, 0) is 49.4 Å². The molecule has 0 unspecified atom stereocenters. The molecule has 31 heavy (non-hydrogen) atoms. The lowest BCUT2D eigenvalue weighted by molar-refractivity contribution is 0.630. The second-order valence-corrected chi connectivity index (χ2v) is 6.92. The molecule has 4 heterocycles. The van der Waals surface area contributed by atoms with E-state index in [-0.39, 0.29) is 43.0 Å². The minimum absolute atomic E-state index is 0. The van der Waals surface area contributed by atoms with E-state index in [9.17, 15) is 4.39 Å². The molecule has 0 aliphatic heterocycles. The number of hydrogen-bond acceptors (Lipinski definition) is 3. The molecule has 0 saturated carbocycles. The minimum atomic E-state index is -0.270. The van der Waals surface area contributed by atoms with E-state index in [1.807, 2.05) is 31.2 Å². The lowest BCUT2D eigenvalue weighted by Gasteiger charge is -2.03. The van der Waals surface area contributed by atoms with E-state index in [0.717, 1.165) is 55.0 Å². The highest BCUT2D eigenvalue weighted by Gasteiger charge is 2.18. The maximum Gasteiger partial charge on any atom is 0.140 e. The first-order valence-corrected chi connectivity index (χ1v) is 9.00. The summed E-state index contributed by atoms with van der Waals surface area (Å²) >= 11 is 0. The zero-order chi connectivity index (χ0) is 18.8. The third-order valence-corrected chi connectivity index (χ3v) is 5.25. The normalized spacial score (nSPS) is 10.8. The molecule has 0 atom stereocenters. The number of rotatable bonds is 1. The Morgan fingerprint density at radius 1 is 0.774 bits per heavy atom. The van der Waals surface area contributed by atoms with Crippen LogP contribution in [0.25, 0.3) is 55.1 Å². The number of hydrogen-bond donors (Lipinski definition) is 2. The van der Waals surface area contributed by atoms with Crippen LogP contribution in [0.15, 0.2) is 54.9 Å². The van der Waals surface area contributed by atoms with Crippen LogP contribution in [-0.4, -0.2) is 24.9 Å². The molecule has 2 aromatic carbocycles. The molecule has 6 rings (SSSR count). The van der Waals surface area contributed by atoms with Gasteiger partial charge in [0.05, 0.1) is 22.1 Å². The summed E-state index contributed by atoms with van der Waals surface area (Å²) in [6.45, 7) is 1.97. The summed E-state index contributed by atoms with van der Waals surface area (Å²) in [5, 5.41) is 2.71. The quantitative estimate of drug-likeness (QED) is 0.265. The second kappa shape index (κ2) is 8.30. The fourth-order valence-corrected chi connectivity index (χ4v) is 4.07. The van der Waals surface area contributed by atoms with Gasteiger partial charge in [-0.2, -0.15) is 0 Å². The van der Waals surface area contributed by atoms with Gasteiger partial charge in [-0.3, -0.25) is 9.97 Å². The van der Waals surface area contributed by atoms with Crippen LogP contribution < -0.4 is 0 Å². The molecule has 0 saturated heterocycles. The summed E-state index contributed by atoms with van der Waals surface area (Å²) in [6, 6.07) is 12.6. The third-order valence-electron chi connectivity index (χ3n) is 5.25. The van der Waals surface area contributed by atoms with Crippen molar-refractivity contribution >= 4 is 81.0 Å². The molecule has 158 valence electrons. The predicted molar refractivity (Wildman–Crippen MR) is 130 cm³/mol. The Bertz CT molecular complexity index is 1480. The van der Waals surface area contributed by atoms with E-state index in [1.165, 1.54) is 6.07 Å². The Morgan fingerprint density at radius 3 is 2.19 bits per heavy atom. The number of aromatic amines is 2. The number of nitrogens with zero attached hydrogens (tertiary/aromatic N) is 3. The van der Waals surface area contributed by atoms with Gasteiger partial charge in [-0.25, -0.2) is 9.37 Å². The molecule has 5 nitrogen and oxygen atoms in total. The molecule has 0 aliphatic carbocycles. The number of fused-ring (bicyclic) bond motifs is 7. The van der Waals surface area contributed by atoms with Crippen molar-refractivity contribution in [3.8, 4) is 11.4 Å². The standard InChI is InChI=1S/C22H14FN5.3ClH/c1-11-17(15-10-12(23)6-7-16(15)26-11)22-27-20-13-4-2-8-24-18(13)19-14(21(20)28-22)5-3-9-25-19;;;/h2-10,26H,1H3,(H,27,28);3*1H. The third kappa shape index (κ3) is 3.28. The maximum atomic E-state index is 13.9. The van der Waals surface area contributed by atoms with E-state index in [2.05, 4.69) is 19.9 Å². The van der Waals surface area contributed by atoms with Crippen LogP contribution in [0.1, 0.15) is 5.69 Å². The van der Waals surface area contributed by atoms with Crippen LogP contribution in [0.5, 0.6) is 0 Å². The first kappa shape index (κ1) is 22.7. The number of benzene rings is 2. The summed E-state index contributed by atoms with van der Waals surface area (Å²) in [5.74, 6) is 0.430. The van der Waals surface area contributed by atoms with Crippen LogP contribution in [0, 0.1) is 12.7 Å². The summed E-state index contributed by atoms with van der Waals surface area (Å²) < 4.78 is 13.9. The van der Waals surface area contributed by atoms with Crippen molar-refractivity contribution in [1.29, 1.82) is 0 Å². The number of pyridine rings is 2. The molecule has 0 amide bonds. The molecular weight excluding hydrogens is 460 g/mol. The smallest absolute Gasteiger partial charge is 0.140 e. The fourth-order valence-electron chi connectivity index (χ4n) is 4.07. The van der Waals surface area contributed by atoms with Gasteiger partial charge in [0.25, 0.3) is 0 Å². The maximum absolute atomic E-state index is 13.9. The van der Waals surface area contributed by atoms with Crippen molar-refractivity contribution in [3.05, 3.63) is 66.4 Å². The SMILES string of the molecule is Cc1[nH]c2ccc(F)cc2c1-c1nc2c3cccnc3c3ncccc3c2[nH]1.Cl.Cl.Cl. The molecule has 9 heteroatoms. The Morgan fingerprint density at radius 2 is 1.45 bits per heavy atom. The van der Waals surface area contributed by atoms with Gasteiger partial charge in [0.1, 0.15) is 11.6 Å². The molecule has 0 aliphatic rings. The van der Waals surface area contributed by atoms with Crippen LogP contribution in [0.4, 0.5) is 4.39 Å². The van der Waals surface area contributed by atoms with Crippen LogP contribution in [-0.2, 0) is 0 Å². The van der Waals surface area contributed by atoms with Crippen molar-refractivity contribution in [2.24, 2.45) is 0 Å². The second-order valence-electron chi connectivity index (χ2n) is 6.92. The van der Waals surface area contributed by atoms with Crippen molar-refractivity contribution in [2.45, 2.75) is 6.92 Å². The molecule has 6 aromatic rings. The molecular formula is C22H17Cl3FN5. The highest BCUT2D eigenvalue weighted by atomic mass is 35.5. The zero-order valence-electron chi connectivity index (χ0n) is 16.1. The van der Waals surface area contributed by atoms with Gasteiger partial charge in [0.15, 0.2) is 0 Å². The summed E-state index contributed by atoms with van der Waals surface area (Å²) in [5.41, 5.74) is 6.09. The first-order chi connectivity index (χ1) is 13.7. The minimum Gasteiger partial charge on any atom is -0.358 e. The van der Waals surface area contributed by atoms with Gasteiger partial charge in [-0.15, -0.1) is 37.2 Å². The van der Waals surface area contributed by atoms with E-state index in [4.69, 9.17) is 4.98 Å². The highest BCUT2D eigenvalue weighted by Crippen LogP contribution is 2.36. The number of H-pyrrole nitrogens is 2. The lowest BCUT2D eigenvalue weighted by atomic mass is 10.1. The first-order valence-electron chi connectivity index (χ1n) is 9.00. The van der Waals surface area contributed by atoms with E-state index in [1.54, 1.807) is 24.5 Å². The Hall–Kier alpha value is -2.93. The fraction of sp³-hybridized carbons (Fsp3) is 0.0455. The number of nitrogens with one attached hydrogen (secondary N) is 2. The number of imidazole rings is 1. The van der Waals surface area contributed by atoms with Crippen LogP contribution >= 0.6 is 37.2 Å². The average molecular weight is 477 g/mol. The summed E-state index contributed by atoms with van der Waals surface area (Å²) in [4.78, 5) is 20.8. The summed E-state index contributed by atoms with van der Waals surface area (Å²) in [6.07, 6.45) is 3.54. The zero-order valence-corrected chi connectivity index (χ0v) is 18.6. The number of aromatic nitrogens is 5. The average Bonchev–Trinajstić information content (AvgIpc) is 3.28. The Kier molecular flexibility index (Phi) is 6.09. The predicted octanol–water partition coefficient (Wildman–Crippen LogP) is 6.52. The van der Waals surface area contributed by atoms with Crippen molar-refractivity contribution in [3.63, 3.8) is 0 Å². The molecule has 0 bridgehead atoms. The van der Waals surface area contributed by atoms with E-state index < -0.39 is 0 Å². The molecule has 0 spiro atoms. The van der Waals surface area contributed by atoms with Crippen molar-refractivity contribution < 1.29 is 4.39 Å². The molecule has 0 radical (unpaired) electrons. The molecule has 0 fully saturated rings. The van der Waals surface area contributed by atoms with Gasteiger partial charge < -0.3 is 9.97 Å². The molecule has 2 N–H and O–H groups in total. The van der Waals surface area contributed by atoms with Crippen LogP contribution in [0.2, 0.25) is 0 Å².